The van der Waals surface area contributed by atoms with Gasteiger partial charge in [-0.05, 0) is 67.3 Å². The van der Waals surface area contributed by atoms with Crippen molar-refractivity contribution in [2.24, 2.45) is 11.7 Å². The quantitative estimate of drug-likeness (QED) is 0.787. The number of halogens is 1. The number of thioether (sulfide) groups is 1. The summed E-state index contributed by atoms with van der Waals surface area (Å²) < 4.78 is 0. The molecule has 1 heterocycles. The first-order chi connectivity index (χ1) is 12.2. The Morgan fingerprint density at radius 1 is 1.08 bits per heavy atom. The van der Waals surface area contributed by atoms with Crippen molar-refractivity contribution in [2.75, 3.05) is 19.6 Å². The van der Waals surface area contributed by atoms with Gasteiger partial charge in [0.1, 0.15) is 0 Å². The Morgan fingerprint density at radius 3 is 2.32 bits per heavy atom. The molecule has 1 aliphatic heterocycles. The molecule has 3 nitrogen and oxygen atoms in total. The number of carbonyl (C=O) groups is 1. The summed E-state index contributed by atoms with van der Waals surface area (Å²) in [7, 11) is 0. The van der Waals surface area contributed by atoms with Crippen molar-refractivity contribution < 1.29 is 4.79 Å². The molecule has 0 aromatic heterocycles. The number of amides is 1. The third-order valence-corrected chi connectivity index (χ3v) is 5.99. The van der Waals surface area contributed by atoms with Crippen LogP contribution in [-0.2, 0) is 5.75 Å². The van der Waals surface area contributed by atoms with Gasteiger partial charge in [-0.1, -0.05) is 23.7 Å². The molecule has 0 bridgehead atoms. The number of hydrogen-bond donors (Lipinski definition) is 1. The van der Waals surface area contributed by atoms with E-state index >= 15 is 0 Å². The Balaban J connectivity index is 1.54. The maximum absolute atomic E-state index is 12.6. The topological polar surface area (TPSA) is 46.3 Å². The molecule has 25 heavy (non-hydrogen) atoms. The Hall–Kier alpha value is -1.49. The SMILES string of the molecule is NCC1CCN(C(=O)c2ccc(CSc3ccc(Cl)cc3)cc2)CC1. The number of carbonyl (C=O) groups excluding carboxylic acids is 1. The molecule has 3 rings (SSSR count). The monoisotopic (exact) mass is 374 g/mol. The summed E-state index contributed by atoms with van der Waals surface area (Å²) in [6, 6.07) is 15.8. The van der Waals surface area contributed by atoms with Gasteiger partial charge >= 0.3 is 0 Å². The first-order valence-electron chi connectivity index (χ1n) is 8.62. The van der Waals surface area contributed by atoms with E-state index < -0.39 is 0 Å². The van der Waals surface area contributed by atoms with Gasteiger partial charge in [-0.15, -0.1) is 11.8 Å². The van der Waals surface area contributed by atoms with Gasteiger partial charge < -0.3 is 10.6 Å². The molecule has 0 unspecified atom stereocenters. The molecule has 0 spiro atoms. The molecule has 0 radical (unpaired) electrons. The van der Waals surface area contributed by atoms with Crippen LogP contribution in [0, 0.1) is 5.92 Å². The van der Waals surface area contributed by atoms with Gasteiger partial charge in [0.15, 0.2) is 0 Å². The zero-order chi connectivity index (χ0) is 17.6. The van der Waals surface area contributed by atoms with Crippen LogP contribution >= 0.6 is 23.4 Å². The van der Waals surface area contributed by atoms with Crippen molar-refractivity contribution in [3.8, 4) is 0 Å². The number of hydrogen-bond acceptors (Lipinski definition) is 3. The average molecular weight is 375 g/mol. The first kappa shape index (κ1) is 18.3. The molecule has 0 atom stereocenters. The van der Waals surface area contributed by atoms with Crippen molar-refractivity contribution >= 4 is 29.3 Å². The maximum atomic E-state index is 12.6. The summed E-state index contributed by atoms with van der Waals surface area (Å²) in [5, 5.41) is 0.753. The minimum Gasteiger partial charge on any atom is -0.339 e. The molecule has 1 fully saturated rings. The van der Waals surface area contributed by atoms with E-state index in [-0.39, 0.29) is 5.91 Å². The lowest BCUT2D eigenvalue weighted by molar-refractivity contribution is 0.0693. The van der Waals surface area contributed by atoms with E-state index in [0.717, 1.165) is 48.8 Å². The molecule has 0 aliphatic carbocycles. The molecule has 1 aliphatic rings. The largest absolute Gasteiger partial charge is 0.339 e. The third-order valence-electron chi connectivity index (χ3n) is 4.66. The van der Waals surface area contributed by atoms with E-state index in [4.69, 9.17) is 17.3 Å². The van der Waals surface area contributed by atoms with Crippen LogP contribution in [0.3, 0.4) is 0 Å². The molecule has 2 aromatic rings. The van der Waals surface area contributed by atoms with Crippen LogP contribution in [0.5, 0.6) is 0 Å². The fourth-order valence-electron chi connectivity index (χ4n) is 3.00. The standard InChI is InChI=1S/C20H23ClN2OS/c21-18-5-7-19(8-6-18)25-14-16-1-3-17(4-2-16)20(24)23-11-9-15(13-22)10-12-23/h1-8,15H,9-14,22H2. The zero-order valence-electron chi connectivity index (χ0n) is 14.2. The summed E-state index contributed by atoms with van der Waals surface area (Å²) in [5.41, 5.74) is 7.70. The lowest BCUT2D eigenvalue weighted by atomic mass is 9.96. The van der Waals surface area contributed by atoms with Crippen molar-refractivity contribution in [1.29, 1.82) is 0 Å². The van der Waals surface area contributed by atoms with E-state index in [2.05, 4.69) is 0 Å². The Morgan fingerprint density at radius 2 is 1.72 bits per heavy atom. The Labute approximate surface area is 158 Å². The number of likely N-dealkylation sites (tertiary alicyclic amines) is 1. The predicted octanol–water partition coefficient (Wildman–Crippen LogP) is 4.44. The number of benzene rings is 2. The van der Waals surface area contributed by atoms with E-state index in [0.29, 0.717) is 5.92 Å². The van der Waals surface area contributed by atoms with Crippen LogP contribution in [-0.4, -0.2) is 30.4 Å². The summed E-state index contributed by atoms with van der Waals surface area (Å²) >= 11 is 7.67. The molecule has 1 amide bonds. The summed E-state index contributed by atoms with van der Waals surface area (Å²) in [6.45, 7) is 2.35. The molecular weight excluding hydrogens is 352 g/mol. The molecule has 2 N–H and O–H groups in total. The number of nitrogens with two attached hydrogens (primary N) is 1. The normalized spacial score (nSPS) is 15.4. The Kier molecular flexibility index (Phi) is 6.40. The van der Waals surface area contributed by atoms with Crippen LogP contribution in [0.2, 0.25) is 5.02 Å². The van der Waals surface area contributed by atoms with E-state index in [1.54, 1.807) is 11.8 Å². The second-order valence-electron chi connectivity index (χ2n) is 6.41. The highest BCUT2D eigenvalue weighted by Crippen LogP contribution is 2.25. The van der Waals surface area contributed by atoms with Gasteiger partial charge in [0.2, 0.25) is 0 Å². The summed E-state index contributed by atoms with van der Waals surface area (Å²) in [4.78, 5) is 15.7. The lowest BCUT2D eigenvalue weighted by Gasteiger charge is -2.31. The lowest BCUT2D eigenvalue weighted by Crippen LogP contribution is -2.40. The zero-order valence-corrected chi connectivity index (χ0v) is 15.7. The molecule has 0 saturated carbocycles. The van der Waals surface area contributed by atoms with Crippen molar-refractivity contribution in [3.05, 3.63) is 64.7 Å². The maximum Gasteiger partial charge on any atom is 0.253 e. The molecule has 1 saturated heterocycles. The predicted molar refractivity (Wildman–Crippen MR) is 105 cm³/mol. The molecule has 5 heteroatoms. The fraction of sp³-hybridized carbons (Fsp3) is 0.350. The van der Waals surface area contributed by atoms with Gasteiger partial charge in [-0.25, -0.2) is 0 Å². The van der Waals surface area contributed by atoms with Gasteiger partial charge in [0.05, 0.1) is 0 Å². The third kappa shape index (κ3) is 5.00. The van der Waals surface area contributed by atoms with E-state index in [9.17, 15) is 4.79 Å². The highest BCUT2D eigenvalue weighted by molar-refractivity contribution is 7.98. The second-order valence-corrected chi connectivity index (χ2v) is 7.90. The van der Waals surface area contributed by atoms with Crippen LogP contribution in [0.1, 0.15) is 28.8 Å². The minimum atomic E-state index is 0.132. The van der Waals surface area contributed by atoms with Crippen molar-refractivity contribution in [2.45, 2.75) is 23.5 Å². The van der Waals surface area contributed by atoms with Crippen molar-refractivity contribution in [1.82, 2.24) is 4.90 Å². The number of nitrogens with zero attached hydrogens (tertiary/aromatic N) is 1. The van der Waals surface area contributed by atoms with Gasteiger partial charge in [0.25, 0.3) is 5.91 Å². The average Bonchev–Trinajstić information content (AvgIpc) is 2.67. The van der Waals surface area contributed by atoms with Crippen LogP contribution in [0.25, 0.3) is 0 Å². The molecule has 132 valence electrons. The highest BCUT2D eigenvalue weighted by atomic mass is 35.5. The van der Waals surface area contributed by atoms with Crippen LogP contribution in [0.15, 0.2) is 53.4 Å². The van der Waals surface area contributed by atoms with Gasteiger partial charge in [-0.2, -0.15) is 0 Å². The molecule has 2 aromatic carbocycles. The summed E-state index contributed by atoms with van der Waals surface area (Å²) in [6.07, 6.45) is 2.02. The fourth-order valence-corrected chi connectivity index (χ4v) is 3.98. The molecular formula is C20H23ClN2OS. The van der Waals surface area contributed by atoms with Crippen LogP contribution < -0.4 is 5.73 Å². The van der Waals surface area contributed by atoms with Crippen molar-refractivity contribution in [3.63, 3.8) is 0 Å². The summed E-state index contributed by atoms with van der Waals surface area (Å²) in [5.74, 6) is 1.57. The number of rotatable bonds is 5. The smallest absolute Gasteiger partial charge is 0.253 e. The Bertz CT molecular complexity index is 695. The highest BCUT2D eigenvalue weighted by Gasteiger charge is 2.22. The van der Waals surface area contributed by atoms with Gasteiger partial charge in [0, 0.05) is 34.3 Å². The first-order valence-corrected chi connectivity index (χ1v) is 9.98. The van der Waals surface area contributed by atoms with E-state index in [1.165, 1.54) is 10.5 Å². The van der Waals surface area contributed by atoms with E-state index in [1.807, 2.05) is 53.4 Å². The van der Waals surface area contributed by atoms with Gasteiger partial charge in [-0.3, -0.25) is 4.79 Å². The van der Waals surface area contributed by atoms with Crippen LogP contribution in [0.4, 0.5) is 0 Å². The minimum absolute atomic E-state index is 0.132. The number of piperidine rings is 1. The second kappa shape index (κ2) is 8.75.